The lowest BCUT2D eigenvalue weighted by Crippen LogP contribution is -2.46. The maximum absolute atomic E-state index is 12.6. The van der Waals surface area contributed by atoms with Gasteiger partial charge in [-0.2, -0.15) is 0 Å². The van der Waals surface area contributed by atoms with E-state index in [1.54, 1.807) is 20.8 Å². The fraction of sp³-hybridized carbons (Fsp3) is 0.625. The molecule has 3 N–H and O–H groups in total. The third-order valence-corrected chi connectivity index (χ3v) is 4.41. The van der Waals surface area contributed by atoms with Crippen molar-refractivity contribution in [1.82, 2.24) is 10.6 Å². The molecule has 1 aromatic rings. The number of benzene rings is 1. The molecule has 0 aliphatic carbocycles. The number of hydrogen-bond acceptors (Lipinski definition) is 6. The van der Waals surface area contributed by atoms with Crippen LogP contribution in [-0.4, -0.2) is 47.4 Å². The lowest BCUT2D eigenvalue weighted by atomic mass is 10.0. The molecule has 0 aromatic heterocycles. The summed E-state index contributed by atoms with van der Waals surface area (Å²) in [6.07, 6.45) is 0.0871. The number of hydrogen-bond donors (Lipinski definition) is 3. The van der Waals surface area contributed by atoms with Gasteiger partial charge in [-0.25, -0.2) is 9.59 Å². The van der Waals surface area contributed by atoms with E-state index >= 15 is 0 Å². The molecule has 0 saturated carbocycles. The van der Waals surface area contributed by atoms with Gasteiger partial charge >= 0.3 is 12.1 Å². The topological polar surface area (TPSA) is 114 Å². The molecule has 180 valence electrons. The van der Waals surface area contributed by atoms with Crippen molar-refractivity contribution < 1.29 is 29.0 Å². The maximum Gasteiger partial charge on any atom is 0.407 e. The number of amides is 2. The molecule has 2 atom stereocenters. The van der Waals surface area contributed by atoms with Crippen LogP contribution in [0.15, 0.2) is 30.3 Å². The van der Waals surface area contributed by atoms with E-state index in [9.17, 15) is 19.5 Å². The zero-order valence-corrected chi connectivity index (χ0v) is 19.8. The summed E-state index contributed by atoms with van der Waals surface area (Å²) >= 11 is 0. The third-order valence-electron chi connectivity index (χ3n) is 4.41. The number of rotatable bonds is 12. The summed E-state index contributed by atoms with van der Waals surface area (Å²) in [5, 5.41) is 15.3. The molecule has 0 radical (unpaired) electrons. The number of alkyl carbamates (subject to hydrolysis) is 1. The Balaban J connectivity index is 2.57. The monoisotopic (exact) mass is 450 g/mol. The second kappa shape index (κ2) is 13.7. The lowest BCUT2D eigenvalue weighted by Gasteiger charge is -2.21. The van der Waals surface area contributed by atoms with Crippen molar-refractivity contribution in [3.05, 3.63) is 35.9 Å². The molecule has 0 aliphatic heterocycles. The molecule has 32 heavy (non-hydrogen) atoms. The van der Waals surface area contributed by atoms with E-state index in [0.29, 0.717) is 32.2 Å². The second-order valence-corrected chi connectivity index (χ2v) is 9.22. The Morgan fingerprint density at radius 1 is 1.06 bits per heavy atom. The molecular weight excluding hydrogens is 412 g/mol. The summed E-state index contributed by atoms with van der Waals surface area (Å²) in [5.41, 5.74) is 0.269. The molecule has 0 heterocycles. The van der Waals surface area contributed by atoms with Crippen LogP contribution in [-0.2, 0) is 25.7 Å². The SMILES string of the molecule is CC(C)C[C@H](O)C(=O)N[C@H](CCCCNC(=O)OC(C)(C)C)C(=O)OCc1ccccc1. The van der Waals surface area contributed by atoms with E-state index in [-0.39, 0.29) is 12.5 Å². The van der Waals surface area contributed by atoms with Crippen LogP contribution in [0, 0.1) is 5.92 Å². The average Bonchev–Trinajstić information content (AvgIpc) is 2.69. The first-order chi connectivity index (χ1) is 15.0. The molecule has 1 aromatic carbocycles. The number of esters is 1. The van der Waals surface area contributed by atoms with Crippen molar-refractivity contribution in [3.8, 4) is 0 Å². The molecule has 0 aliphatic rings. The quantitative estimate of drug-likeness (QED) is 0.333. The minimum atomic E-state index is -1.19. The van der Waals surface area contributed by atoms with Gasteiger partial charge in [0.25, 0.3) is 0 Å². The van der Waals surface area contributed by atoms with Crippen molar-refractivity contribution in [2.24, 2.45) is 5.92 Å². The molecule has 8 heteroatoms. The molecule has 0 saturated heterocycles. The molecule has 0 bridgehead atoms. The Hall–Kier alpha value is -2.61. The first-order valence-corrected chi connectivity index (χ1v) is 11.1. The fourth-order valence-electron chi connectivity index (χ4n) is 2.88. The van der Waals surface area contributed by atoms with E-state index in [2.05, 4.69) is 10.6 Å². The van der Waals surface area contributed by atoms with Crippen LogP contribution in [0.25, 0.3) is 0 Å². The van der Waals surface area contributed by atoms with Crippen LogP contribution >= 0.6 is 0 Å². The molecule has 8 nitrogen and oxygen atoms in total. The normalized spacial score (nSPS) is 13.2. The van der Waals surface area contributed by atoms with Crippen LogP contribution in [0.3, 0.4) is 0 Å². The lowest BCUT2D eigenvalue weighted by molar-refractivity contribution is -0.150. The van der Waals surface area contributed by atoms with Gasteiger partial charge in [0.05, 0.1) is 0 Å². The standard InChI is InChI=1S/C24H38N2O6/c1-17(2)15-20(27)21(28)26-19(22(29)31-16-18-11-7-6-8-12-18)13-9-10-14-25-23(30)32-24(3,4)5/h6-8,11-12,17,19-20,27H,9-10,13-16H2,1-5H3,(H,25,30)(H,26,28)/t19-,20+/m1/s1. The number of carbonyl (C=O) groups is 3. The summed E-state index contributed by atoms with van der Waals surface area (Å²) < 4.78 is 10.6. The Labute approximate surface area is 191 Å². The van der Waals surface area contributed by atoms with Crippen LogP contribution in [0.5, 0.6) is 0 Å². The van der Waals surface area contributed by atoms with Gasteiger partial charge in [-0.15, -0.1) is 0 Å². The number of unbranched alkanes of at least 4 members (excludes halogenated alkanes) is 1. The van der Waals surface area contributed by atoms with Gasteiger partial charge in [0.2, 0.25) is 5.91 Å². The molecule has 0 fully saturated rings. The number of aliphatic hydroxyl groups excluding tert-OH is 1. The highest BCUT2D eigenvalue weighted by Crippen LogP contribution is 2.10. The highest BCUT2D eigenvalue weighted by molar-refractivity contribution is 5.86. The molecule has 0 spiro atoms. The van der Waals surface area contributed by atoms with Gasteiger partial charge in [-0.3, -0.25) is 4.79 Å². The van der Waals surface area contributed by atoms with Crippen molar-refractivity contribution in [1.29, 1.82) is 0 Å². The number of nitrogens with one attached hydrogen (secondary N) is 2. The number of ether oxygens (including phenoxy) is 2. The highest BCUT2D eigenvalue weighted by atomic mass is 16.6. The maximum atomic E-state index is 12.6. The third kappa shape index (κ3) is 12.3. The van der Waals surface area contributed by atoms with E-state index in [1.807, 2.05) is 44.2 Å². The zero-order chi connectivity index (χ0) is 24.1. The van der Waals surface area contributed by atoms with E-state index in [4.69, 9.17) is 9.47 Å². The Bertz CT molecular complexity index is 715. The largest absolute Gasteiger partial charge is 0.459 e. The Morgan fingerprint density at radius 3 is 2.31 bits per heavy atom. The van der Waals surface area contributed by atoms with E-state index < -0.39 is 35.7 Å². The Kier molecular flexibility index (Phi) is 11.8. The number of carbonyl (C=O) groups excluding carboxylic acids is 3. The van der Waals surface area contributed by atoms with E-state index in [0.717, 1.165) is 5.56 Å². The number of aliphatic hydroxyl groups is 1. The predicted octanol–water partition coefficient (Wildman–Crippen LogP) is 3.32. The summed E-state index contributed by atoms with van der Waals surface area (Å²) in [6, 6.07) is 8.38. The Morgan fingerprint density at radius 2 is 1.72 bits per heavy atom. The fourth-order valence-corrected chi connectivity index (χ4v) is 2.88. The van der Waals surface area contributed by atoms with Gasteiger partial charge in [-0.05, 0) is 57.9 Å². The van der Waals surface area contributed by atoms with Gasteiger partial charge in [0, 0.05) is 6.54 Å². The average molecular weight is 451 g/mol. The minimum absolute atomic E-state index is 0.0980. The van der Waals surface area contributed by atoms with Crippen molar-refractivity contribution in [2.75, 3.05) is 6.54 Å². The first kappa shape index (κ1) is 27.4. The van der Waals surface area contributed by atoms with Gasteiger partial charge in [0.15, 0.2) is 0 Å². The first-order valence-electron chi connectivity index (χ1n) is 11.1. The summed E-state index contributed by atoms with van der Waals surface area (Å²) in [6.45, 7) is 9.64. The van der Waals surface area contributed by atoms with Crippen molar-refractivity contribution >= 4 is 18.0 Å². The van der Waals surface area contributed by atoms with Crippen LogP contribution in [0.2, 0.25) is 0 Å². The van der Waals surface area contributed by atoms with Crippen LogP contribution < -0.4 is 10.6 Å². The van der Waals surface area contributed by atoms with Gasteiger partial charge < -0.3 is 25.2 Å². The second-order valence-electron chi connectivity index (χ2n) is 9.22. The summed E-state index contributed by atoms with van der Waals surface area (Å²) in [5.74, 6) is -1.01. The molecular formula is C24H38N2O6. The van der Waals surface area contributed by atoms with E-state index in [1.165, 1.54) is 0 Å². The highest BCUT2D eigenvalue weighted by Gasteiger charge is 2.26. The molecule has 2 amide bonds. The summed E-state index contributed by atoms with van der Waals surface area (Å²) in [7, 11) is 0. The van der Waals surface area contributed by atoms with Gasteiger partial charge in [0.1, 0.15) is 24.4 Å². The smallest absolute Gasteiger partial charge is 0.407 e. The van der Waals surface area contributed by atoms with Gasteiger partial charge in [-0.1, -0.05) is 44.2 Å². The van der Waals surface area contributed by atoms with Crippen LogP contribution in [0.4, 0.5) is 4.79 Å². The zero-order valence-electron chi connectivity index (χ0n) is 19.8. The predicted molar refractivity (Wildman–Crippen MR) is 122 cm³/mol. The summed E-state index contributed by atoms with van der Waals surface area (Å²) in [4.78, 5) is 36.7. The van der Waals surface area contributed by atoms with Crippen LogP contribution in [0.1, 0.15) is 65.9 Å². The molecule has 0 unspecified atom stereocenters. The minimum Gasteiger partial charge on any atom is -0.459 e. The van der Waals surface area contributed by atoms with Crippen molar-refractivity contribution in [3.63, 3.8) is 0 Å². The van der Waals surface area contributed by atoms with Crippen molar-refractivity contribution in [2.45, 2.75) is 84.7 Å². The molecule has 1 rings (SSSR count).